The van der Waals surface area contributed by atoms with Crippen LogP contribution in [0.2, 0.25) is 0 Å². The summed E-state index contributed by atoms with van der Waals surface area (Å²) in [6.45, 7) is 8.43. The number of hydrogen-bond donors (Lipinski definition) is 0. The molecule has 0 saturated carbocycles. The smallest absolute Gasteiger partial charge is 0.308 e. The van der Waals surface area contributed by atoms with Crippen LogP contribution in [0, 0.1) is 23.7 Å². The van der Waals surface area contributed by atoms with Crippen molar-refractivity contribution in [2.24, 2.45) is 23.7 Å². The Bertz CT molecular complexity index is 394. The van der Waals surface area contributed by atoms with Crippen molar-refractivity contribution < 1.29 is 9.53 Å². The van der Waals surface area contributed by atoms with Gasteiger partial charge in [-0.05, 0) is 36.7 Å². The van der Waals surface area contributed by atoms with Crippen molar-refractivity contribution in [2.75, 3.05) is 0 Å². The molecule has 2 nitrogen and oxygen atoms in total. The molecule has 0 aromatic heterocycles. The lowest BCUT2D eigenvalue weighted by molar-refractivity contribution is -0.157. The third-order valence-electron chi connectivity index (χ3n) is 4.48. The molecule has 0 saturated heterocycles. The number of ether oxygens (including phenoxy) is 1. The van der Waals surface area contributed by atoms with Crippen molar-refractivity contribution >= 4 is 5.97 Å². The Morgan fingerprint density at radius 1 is 1.37 bits per heavy atom. The number of carbonyl (C=O) groups excluding carboxylic acids is 1. The summed E-state index contributed by atoms with van der Waals surface area (Å²) in [6, 6.07) is 0. The van der Waals surface area contributed by atoms with Crippen LogP contribution in [0.5, 0.6) is 0 Å². The molecule has 2 rings (SSSR count). The summed E-state index contributed by atoms with van der Waals surface area (Å²) < 4.78 is 5.82. The van der Waals surface area contributed by atoms with Gasteiger partial charge in [-0.2, -0.15) is 0 Å². The monoisotopic (exact) mass is 262 g/mol. The summed E-state index contributed by atoms with van der Waals surface area (Å²) in [7, 11) is 0. The van der Waals surface area contributed by atoms with E-state index in [1.165, 1.54) is 5.57 Å². The van der Waals surface area contributed by atoms with Crippen LogP contribution < -0.4 is 0 Å². The molecule has 0 N–H and O–H groups in total. The van der Waals surface area contributed by atoms with E-state index in [1.807, 2.05) is 13.8 Å². The zero-order valence-corrected chi connectivity index (χ0v) is 12.6. The molecule has 2 aliphatic rings. The molecular formula is C17H26O2. The highest BCUT2D eigenvalue weighted by atomic mass is 16.5. The minimum absolute atomic E-state index is 0.0150. The molecule has 0 aromatic rings. The van der Waals surface area contributed by atoms with Crippen molar-refractivity contribution in [3.8, 4) is 0 Å². The molecule has 0 aromatic carbocycles. The van der Waals surface area contributed by atoms with E-state index in [4.69, 9.17) is 4.74 Å². The maximum atomic E-state index is 12.0. The molecule has 19 heavy (non-hydrogen) atoms. The summed E-state index contributed by atoms with van der Waals surface area (Å²) in [6.07, 6.45) is 9.85. The SMILES string of the molecule is CC[C@H](C)C(=O)O[C@H]1C[C@@H](C)C=C2C=C[C@H](C)C[C@H]21. The largest absolute Gasteiger partial charge is 0.461 e. The lowest BCUT2D eigenvalue weighted by atomic mass is 9.73. The summed E-state index contributed by atoms with van der Waals surface area (Å²) in [5, 5.41) is 0. The molecule has 0 fully saturated rings. The fourth-order valence-corrected chi connectivity index (χ4v) is 3.05. The quantitative estimate of drug-likeness (QED) is 0.715. The molecule has 0 aliphatic heterocycles. The van der Waals surface area contributed by atoms with E-state index < -0.39 is 0 Å². The molecule has 0 spiro atoms. The van der Waals surface area contributed by atoms with E-state index >= 15 is 0 Å². The highest BCUT2D eigenvalue weighted by Crippen LogP contribution is 2.39. The molecular weight excluding hydrogens is 236 g/mol. The first-order valence-corrected chi connectivity index (χ1v) is 7.61. The van der Waals surface area contributed by atoms with Gasteiger partial charge in [0.1, 0.15) is 6.10 Å². The van der Waals surface area contributed by atoms with E-state index in [0.29, 0.717) is 17.8 Å². The van der Waals surface area contributed by atoms with Crippen molar-refractivity contribution in [1.82, 2.24) is 0 Å². The van der Waals surface area contributed by atoms with Gasteiger partial charge in [0, 0.05) is 5.92 Å². The standard InChI is InChI=1S/C17H26O2/c1-5-13(4)17(18)19-16-10-12(3)8-14-7-6-11(2)9-15(14)16/h6-8,11-13,15-16H,5,9-10H2,1-4H3/t11-,12-,13-,15+,16-/m0/s1. The van der Waals surface area contributed by atoms with Crippen LogP contribution in [-0.2, 0) is 9.53 Å². The topological polar surface area (TPSA) is 26.3 Å². The Labute approximate surface area is 116 Å². The van der Waals surface area contributed by atoms with Gasteiger partial charge in [-0.25, -0.2) is 0 Å². The molecule has 0 amide bonds. The van der Waals surface area contributed by atoms with Gasteiger partial charge < -0.3 is 4.74 Å². The number of fused-ring (bicyclic) bond motifs is 1. The lowest BCUT2D eigenvalue weighted by Crippen LogP contribution is -2.36. The number of hydrogen-bond acceptors (Lipinski definition) is 2. The summed E-state index contributed by atoms with van der Waals surface area (Å²) in [5.41, 5.74) is 1.37. The Kier molecular flexibility index (Phi) is 4.49. The average Bonchev–Trinajstić information content (AvgIpc) is 2.38. The van der Waals surface area contributed by atoms with Gasteiger partial charge in [-0.3, -0.25) is 4.79 Å². The van der Waals surface area contributed by atoms with Gasteiger partial charge >= 0.3 is 5.97 Å². The maximum absolute atomic E-state index is 12.0. The van der Waals surface area contributed by atoms with Crippen LogP contribution in [0.1, 0.15) is 47.0 Å². The summed E-state index contributed by atoms with van der Waals surface area (Å²) >= 11 is 0. The van der Waals surface area contributed by atoms with Crippen LogP contribution in [0.3, 0.4) is 0 Å². The Hall–Kier alpha value is -1.05. The van der Waals surface area contributed by atoms with Crippen LogP contribution in [0.4, 0.5) is 0 Å². The van der Waals surface area contributed by atoms with E-state index in [-0.39, 0.29) is 18.0 Å². The van der Waals surface area contributed by atoms with Crippen LogP contribution >= 0.6 is 0 Å². The van der Waals surface area contributed by atoms with E-state index in [0.717, 1.165) is 19.3 Å². The maximum Gasteiger partial charge on any atom is 0.308 e. The molecule has 5 atom stereocenters. The minimum atomic E-state index is -0.0249. The van der Waals surface area contributed by atoms with Gasteiger partial charge in [0.25, 0.3) is 0 Å². The minimum Gasteiger partial charge on any atom is -0.461 e. The fourth-order valence-electron chi connectivity index (χ4n) is 3.05. The molecule has 106 valence electrons. The average molecular weight is 262 g/mol. The van der Waals surface area contributed by atoms with Gasteiger partial charge in [0.15, 0.2) is 0 Å². The molecule has 0 bridgehead atoms. The lowest BCUT2D eigenvalue weighted by Gasteiger charge is -2.37. The predicted octanol–water partition coefficient (Wildman–Crippen LogP) is 4.12. The van der Waals surface area contributed by atoms with Gasteiger partial charge in [0.05, 0.1) is 5.92 Å². The normalized spacial score (nSPS) is 35.3. The first-order chi connectivity index (χ1) is 9.01. The highest BCUT2D eigenvalue weighted by molar-refractivity contribution is 5.72. The summed E-state index contributed by atoms with van der Waals surface area (Å²) in [4.78, 5) is 12.0. The first kappa shape index (κ1) is 14.4. The molecule has 2 heteroatoms. The number of rotatable bonds is 3. The Morgan fingerprint density at radius 3 is 2.79 bits per heavy atom. The van der Waals surface area contributed by atoms with Crippen LogP contribution in [-0.4, -0.2) is 12.1 Å². The predicted molar refractivity (Wildman–Crippen MR) is 77.6 cm³/mol. The zero-order chi connectivity index (χ0) is 14.0. The number of allylic oxidation sites excluding steroid dienone is 3. The van der Waals surface area contributed by atoms with Gasteiger partial charge in [-0.15, -0.1) is 0 Å². The van der Waals surface area contributed by atoms with Crippen molar-refractivity contribution in [3.05, 3.63) is 23.8 Å². The van der Waals surface area contributed by atoms with E-state index in [9.17, 15) is 4.79 Å². The number of esters is 1. The zero-order valence-electron chi connectivity index (χ0n) is 12.6. The Balaban J connectivity index is 2.11. The van der Waals surface area contributed by atoms with Crippen LogP contribution in [0.15, 0.2) is 23.8 Å². The Morgan fingerprint density at radius 2 is 2.11 bits per heavy atom. The third kappa shape index (κ3) is 3.29. The van der Waals surface area contributed by atoms with Crippen molar-refractivity contribution in [1.29, 1.82) is 0 Å². The molecule has 2 aliphatic carbocycles. The molecule has 0 radical (unpaired) electrons. The fraction of sp³-hybridized carbons (Fsp3) is 0.706. The second-order valence-electron chi connectivity index (χ2n) is 6.34. The first-order valence-electron chi connectivity index (χ1n) is 7.61. The van der Waals surface area contributed by atoms with Crippen molar-refractivity contribution in [2.45, 2.75) is 53.1 Å². The molecule has 0 heterocycles. The van der Waals surface area contributed by atoms with E-state index in [1.54, 1.807) is 0 Å². The highest BCUT2D eigenvalue weighted by Gasteiger charge is 2.35. The van der Waals surface area contributed by atoms with E-state index in [2.05, 4.69) is 32.1 Å². The second kappa shape index (κ2) is 5.94. The van der Waals surface area contributed by atoms with Crippen molar-refractivity contribution in [3.63, 3.8) is 0 Å². The molecule has 0 unspecified atom stereocenters. The summed E-state index contributed by atoms with van der Waals surface area (Å²) in [5.74, 6) is 1.48. The third-order valence-corrected chi connectivity index (χ3v) is 4.48. The van der Waals surface area contributed by atoms with Gasteiger partial charge in [-0.1, -0.05) is 45.9 Å². The number of carbonyl (C=O) groups is 1. The second-order valence-corrected chi connectivity index (χ2v) is 6.34. The van der Waals surface area contributed by atoms with Crippen LogP contribution in [0.25, 0.3) is 0 Å². The van der Waals surface area contributed by atoms with Gasteiger partial charge in [0.2, 0.25) is 0 Å².